The SMILES string of the molecule is C=C/C(=C\C=C1\c2ccc(N(/C(=C/C=C(\C)C3=CC=CCC3C)CC)c3ccc(-c4ccccc4)cc3)cc2C(C)(C)C1C)c1ccc(C(=C)/C=C\C=C/C)c(C2(C)c3ccccc3C(C)(C)c3ccccc32)c1. The fourth-order valence-electron chi connectivity index (χ4n) is 12.2. The molecule has 0 heterocycles. The molecule has 0 N–H and O–H groups in total. The molecule has 2 atom stereocenters. The number of hydrogen-bond acceptors (Lipinski definition) is 1. The van der Waals surface area contributed by atoms with E-state index >= 15 is 0 Å². The Hall–Kier alpha value is -7.48. The summed E-state index contributed by atoms with van der Waals surface area (Å²) in [4.78, 5) is 2.48. The van der Waals surface area contributed by atoms with Crippen LogP contribution in [-0.2, 0) is 16.2 Å². The molecule has 1 nitrogen and oxygen atoms in total. The monoisotopic (exact) mass is 966 g/mol. The van der Waals surface area contributed by atoms with Gasteiger partial charge in [0.05, 0.1) is 0 Å². The lowest BCUT2D eigenvalue weighted by atomic mass is 9.56. The Morgan fingerprint density at radius 3 is 1.95 bits per heavy atom. The Balaban J connectivity index is 1.15. The molecule has 0 amide bonds. The summed E-state index contributed by atoms with van der Waals surface area (Å²) >= 11 is 0. The zero-order valence-electron chi connectivity index (χ0n) is 45.6. The van der Waals surface area contributed by atoms with Gasteiger partial charge in [-0.1, -0.05) is 238 Å². The number of nitrogens with zero attached hydrogens (tertiary/aromatic N) is 1. The summed E-state index contributed by atoms with van der Waals surface area (Å²) in [6, 6.07) is 52.0. The second-order valence-electron chi connectivity index (χ2n) is 21.9. The van der Waals surface area contributed by atoms with Gasteiger partial charge in [0.2, 0.25) is 0 Å². The summed E-state index contributed by atoms with van der Waals surface area (Å²) in [5.74, 6) is 0.772. The van der Waals surface area contributed by atoms with Crippen LogP contribution in [0.2, 0.25) is 0 Å². The molecule has 0 saturated carbocycles. The van der Waals surface area contributed by atoms with E-state index in [-0.39, 0.29) is 16.7 Å². The van der Waals surface area contributed by atoms with Gasteiger partial charge in [-0.15, -0.1) is 0 Å². The molecule has 0 fully saturated rings. The number of rotatable bonds is 14. The predicted octanol–water partition coefficient (Wildman–Crippen LogP) is 20.0. The van der Waals surface area contributed by atoms with Crippen LogP contribution in [0.1, 0.15) is 132 Å². The standard InChI is InChI=1S/C73H75N/c1-13-16-18-27-51(5)62-45-40-57(48-70(62)73(12)67-34-25-23-32-65(67)72(10,11)66-33-24-26-35-68(66)73)54(14-2)39-46-63-53(7)71(8,9)69-49-60(44-47-64(63)69)74(59-42-37-56(38-43-59)55-29-19-17-20-30-55)58(15-3)41-36-52(6)61-31-22-21-28-50(61)4/h13-14,16-27,29-50,53H,2,5,15,28H2,1,3-4,6-12H3/b16-13-,27-18-,52-36+,54-39+,58-41+,63-46+. The van der Waals surface area contributed by atoms with Crippen molar-refractivity contribution in [3.05, 3.63) is 293 Å². The van der Waals surface area contributed by atoms with E-state index in [1.54, 1.807) is 0 Å². The fraction of sp³-hybridized carbons (Fsp3) is 0.233. The fourth-order valence-corrected chi connectivity index (χ4v) is 12.2. The summed E-state index contributed by atoms with van der Waals surface area (Å²) in [7, 11) is 0. The summed E-state index contributed by atoms with van der Waals surface area (Å²) in [6.45, 7) is 32.4. The molecular formula is C73H75N. The molecule has 1 heteroatoms. The van der Waals surface area contributed by atoms with Crippen LogP contribution in [0.15, 0.2) is 242 Å². The summed E-state index contributed by atoms with van der Waals surface area (Å²) in [5.41, 5.74) is 22.9. The van der Waals surface area contributed by atoms with Gasteiger partial charge in [-0.3, -0.25) is 0 Å². The normalized spacial score (nSPS) is 19.3. The van der Waals surface area contributed by atoms with Crippen molar-refractivity contribution in [3.63, 3.8) is 0 Å². The lowest BCUT2D eigenvalue weighted by Gasteiger charge is -2.46. The molecule has 9 rings (SSSR count). The summed E-state index contributed by atoms with van der Waals surface area (Å²) < 4.78 is 0. The third-order valence-corrected chi connectivity index (χ3v) is 16.9. The highest BCUT2D eigenvalue weighted by molar-refractivity contribution is 5.86. The molecule has 0 saturated heterocycles. The van der Waals surface area contributed by atoms with E-state index in [0.717, 1.165) is 40.8 Å². The maximum Gasteiger partial charge on any atom is 0.0461 e. The lowest BCUT2D eigenvalue weighted by Crippen LogP contribution is -2.39. The van der Waals surface area contributed by atoms with Crippen LogP contribution in [0.4, 0.5) is 11.4 Å². The highest BCUT2D eigenvalue weighted by Gasteiger charge is 2.46. The molecule has 74 heavy (non-hydrogen) atoms. The smallest absolute Gasteiger partial charge is 0.0461 e. The molecule has 372 valence electrons. The maximum absolute atomic E-state index is 4.67. The first kappa shape index (κ1) is 51.4. The molecule has 3 aliphatic carbocycles. The third-order valence-electron chi connectivity index (χ3n) is 16.9. The molecule has 0 aromatic heterocycles. The third kappa shape index (κ3) is 9.39. The van der Waals surface area contributed by atoms with Gasteiger partial charge in [-0.25, -0.2) is 0 Å². The van der Waals surface area contributed by atoms with E-state index in [0.29, 0.717) is 5.92 Å². The van der Waals surface area contributed by atoms with Crippen molar-refractivity contribution >= 4 is 28.1 Å². The van der Waals surface area contributed by atoms with Gasteiger partial charge in [-0.05, 0) is 176 Å². The minimum Gasteiger partial charge on any atom is -0.314 e. The first-order valence-electron chi connectivity index (χ1n) is 26.9. The van der Waals surface area contributed by atoms with Gasteiger partial charge in [0.25, 0.3) is 0 Å². The van der Waals surface area contributed by atoms with Crippen LogP contribution in [0, 0.1) is 11.8 Å². The second-order valence-corrected chi connectivity index (χ2v) is 21.9. The Morgan fingerprint density at radius 1 is 0.676 bits per heavy atom. The van der Waals surface area contributed by atoms with Crippen molar-refractivity contribution < 1.29 is 0 Å². The van der Waals surface area contributed by atoms with Crippen molar-refractivity contribution in [2.24, 2.45) is 11.8 Å². The molecule has 3 aliphatic rings. The van der Waals surface area contributed by atoms with E-state index in [9.17, 15) is 0 Å². The molecule has 0 radical (unpaired) electrons. The average molecular weight is 966 g/mol. The highest BCUT2D eigenvalue weighted by atomic mass is 15.1. The largest absolute Gasteiger partial charge is 0.314 e. The lowest BCUT2D eigenvalue weighted by molar-refractivity contribution is 0.442. The number of benzene rings is 6. The summed E-state index contributed by atoms with van der Waals surface area (Å²) in [5, 5.41) is 0. The minimum atomic E-state index is -0.459. The van der Waals surface area contributed by atoms with Crippen LogP contribution in [0.3, 0.4) is 0 Å². The van der Waals surface area contributed by atoms with Crippen LogP contribution in [-0.4, -0.2) is 0 Å². The molecule has 2 unspecified atom stereocenters. The van der Waals surface area contributed by atoms with Crippen molar-refractivity contribution in [1.29, 1.82) is 0 Å². The van der Waals surface area contributed by atoms with E-state index < -0.39 is 5.41 Å². The topological polar surface area (TPSA) is 3.24 Å². The molecule has 0 spiro atoms. The first-order valence-corrected chi connectivity index (χ1v) is 26.9. The Morgan fingerprint density at radius 2 is 1.31 bits per heavy atom. The Kier molecular flexibility index (Phi) is 14.7. The van der Waals surface area contributed by atoms with Crippen LogP contribution in [0.25, 0.3) is 27.8 Å². The molecule has 6 aromatic rings. The predicted molar refractivity (Wildman–Crippen MR) is 322 cm³/mol. The maximum atomic E-state index is 4.67. The Labute approximate surface area is 444 Å². The zero-order chi connectivity index (χ0) is 52.4. The van der Waals surface area contributed by atoms with Crippen molar-refractivity contribution in [3.8, 4) is 11.1 Å². The molecule has 6 aromatic carbocycles. The number of fused-ring (bicyclic) bond motifs is 3. The number of allylic oxidation sites excluding steroid dienone is 18. The van der Waals surface area contributed by atoms with E-state index in [1.165, 1.54) is 78.2 Å². The van der Waals surface area contributed by atoms with Gasteiger partial charge in [0.1, 0.15) is 0 Å². The van der Waals surface area contributed by atoms with Crippen molar-refractivity contribution in [2.45, 2.75) is 98.3 Å². The van der Waals surface area contributed by atoms with Gasteiger partial charge >= 0.3 is 0 Å². The summed E-state index contributed by atoms with van der Waals surface area (Å²) in [6.07, 6.45) is 28.5. The van der Waals surface area contributed by atoms with Crippen molar-refractivity contribution in [1.82, 2.24) is 0 Å². The van der Waals surface area contributed by atoms with Crippen LogP contribution < -0.4 is 4.90 Å². The zero-order valence-corrected chi connectivity index (χ0v) is 45.6. The van der Waals surface area contributed by atoms with Gasteiger partial charge in [-0.2, -0.15) is 0 Å². The van der Waals surface area contributed by atoms with E-state index in [2.05, 4.69) is 287 Å². The average Bonchev–Trinajstić information content (AvgIpc) is 3.61. The molecular weight excluding hydrogens is 891 g/mol. The van der Waals surface area contributed by atoms with Crippen LogP contribution >= 0.6 is 0 Å². The number of hydrogen-bond donors (Lipinski definition) is 0. The van der Waals surface area contributed by atoms with Gasteiger partial charge < -0.3 is 4.90 Å². The second kappa shape index (κ2) is 21.2. The van der Waals surface area contributed by atoms with Gasteiger partial charge in [0, 0.05) is 27.9 Å². The van der Waals surface area contributed by atoms with Crippen molar-refractivity contribution in [2.75, 3.05) is 4.90 Å². The minimum absolute atomic E-state index is 0.119. The van der Waals surface area contributed by atoms with Gasteiger partial charge in [0.15, 0.2) is 0 Å². The highest BCUT2D eigenvalue weighted by Crippen LogP contribution is 2.55. The molecule has 0 aliphatic heterocycles. The molecule has 0 bridgehead atoms. The van der Waals surface area contributed by atoms with E-state index in [4.69, 9.17) is 0 Å². The first-order chi connectivity index (χ1) is 35.6. The van der Waals surface area contributed by atoms with E-state index in [1.807, 2.05) is 13.0 Å². The quantitative estimate of drug-likeness (QED) is 0.0984. The van der Waals surface area contributed by atoms with Crippen LogP contribution in [0.5, 0.6) is 0 Å². The Bertz CT molecular complexity index is 3310. The number of anilines is 2.